The third-order valence-corrected chi connectivity index (χ3v) is 4.61. The molecule has 2 N–H and O–H groups in total. The fourth-order valence-electron chi connectivity index (χ4n) is 2.79. The van der Waals surface area contributed by atoms with Crippen LogP contribution in [0.3, 0.4) is 0 Å². The van der Waals surface area contributed by atoms with Gasteiger partial charge in [0.25, 0.3) is 0 Å². The first kappa shape index (κ1) is 21.8. The second-order valence-corrected chi connectivity index (χ2v) is 6.46. The molecule has 1 aliphatic heterocycles. The minimum atomic E-state index is -0.805. The smallest absolute Gasteiger partial charge is 0.338 e. The van der Waals surface area contributed by atoms with Crippen molar-refractivity contribution in [1.82, 2.24) is 10.2 Å². The molecule has 1 atom stereocenters. The molecule has 1 heterocycles. The lowest BCUT2D eigenvalue weighted by Crippen LogP contribution is -2.46. The van der Waals surface area contributed by atoms with E-state index in [2.05, 4.69) is 5.32 Å². The lowest BCUT2D eigenvalue weighted by molar-refractivity contribution is -0.141. The molecule has 1 aromatic carbocycles. The van der Waals surface area contributed by atoms with Crippen molar-refractivity contribution in [2.75, 3.05) is 33.5 Å². The van der Waals surface area contributed by atoms with E-state index in [0.29, 0.717) is 24.5 Å². The van der Waals surface area contributed by atoms with E-state index in [1.54, 1.807) is 27.0 Å². The van der Waals surface area contributed by atoms with Gasteiger partial charge in [0.1, 0.15) is 6.61 Å². The molecule has 9 heteroatoms. The van der Waals surface area contributed by atoms with E-state index in [9.17, 15) is 14.7 Å². The number of benzene rings is 1. The summed E-state index contributed by atoms with van der Waals surface area (Å²) in [5.74, 6) is -0.607. The van der Waals surface area contributed by atoms with Crippen molar-refractivity contribution in [3.05, 3.63) is 34.0 Å². The third-order valence-electron chi connectivity index (χ3n) is 4.32. The highest BCUT2D eigenvalue weighted by Gasteiger charge is 2.35. The largest absolute Gasteiger partial charge is 0.503 e. The number of carbonyl (C=O) groups is 2. The monoisotopic (exact) mass is 412 g/mol. The molecule has 2 rings (SSSR count). The zero-order valence-electron chi connectivity index (χ0n) is 16.4. The van der Waals surface area contributed by atoms with Crippen molar-refractivity contribution >= 4 is 23.6 Å². The predicted molar refractivity (Wildman–Crippen MR) is 103 cm³/mol. The van der Waals surface area contributed by atoms with Crippen LogP contribution in [-0.2, 0) is 14.3 Å². The number of carbonyl (C=O) groups excluding carboxylic acids is 2. The zero-order valence-corrected chi connectivity index (χ0v) is 17.1. The Morgan fingerprint density at radius 3 is 2.64 bits per heavy atom. The van der Waals surface area contributed by atoms with E-state index in [4.69, 9.17) is 25.8 Å². The van der Waals surface area contributed by atoms with Crippen LogP contribution < -0.4 is 10.1 Å². The first-order valence-electron chi connectivity index (χ1n) is 8.96. The molecule has 154 valence electrons. The first-order valence-corrected chi connectivity index (χ1v) is 9.34. The fraction of sp³-hybridized carbons (Fsp3) is 0.474. The van der Waals surface area contributed by atoms with Crippen molar-refractivity contribution in [2.45, 2.75) is 26.8 Å². The van der Waals surface area contributed by atoms with Gasteiger partial charge in [-0.25, -0.2) is 9.59 Å². The van der Waals surface area contributed by atoms with Gasteiger partial charge in [0.05, 0.1) is 29.9 Å². The van der Waals surface area contributed by atoms with Crippen LogP contribution in [0.15, 0.2) is 23.4 Å². The normalized spacial score (nSPS) is 16.8. The third kappa shape index (κ3) is 4.69. The lowest BCUT2D eigenvalue weighted by atomic mass is 9.94. The topological polar surface area (TPSA) is 97.3 Å². The number of ether oxygens (including phenoxy) is 3. The minimum Gasteiger partial charge on any atom is -0.503 e. The van der Waals surface area contributed by atoms with Crippen LogP contribution in [0.1, 0.15) is 32.4 Å². The van der Waals surface area contributed by atoms with Gasteiger partial charge in [-0.2, -0.15) is 0 Å². The van der Waals surface area contributed by atoms with Gasteiger partial charge in [0, 0.05) is 19.4 Å². The zero-order chi connectivity index (χ0) is 20.8. The highest BCUT2D eigenvalue weighted by atomic mass is 35.5. The first-order chi connectivity index (χ1) is 13.3. The van der Waals surface area contributed by atoms with Gasteiger partial charge in [-0.3, -0.25) is 0 Å². The molecular weight excluding hydrogens is 388 g/mol. The van der Waals surface area contributed by atoms with E-state index < -0.39 is 12.0 Å². The molecule has 0 aliphatic carbocycles. The number of hydrogen-bond donors (Lipinski definition) is 2. The Labute approximate surface area is 169 Å². The number of hydrogen-bond acceptors (Lipinski definition) is 6. The maximum atomic E-state index is 12.7. The molecule has 0 spiro atoms. The summed E-state index contributed by atoms with van der Waals surface area (Å²) in [4.78, 5) is 26.4. The molecule has 0 saturated carbocycles. The van der Waals surface area contributed by atoms with Crippen LogP contribution in [0.2, 0.25) is 5.02 Å². The van der Waals surface area contributed by atoms with Crippen LogP contribution >= 0.6 is 11.6 Å². The summed E-state index contributed by atoms with van der Waals surface area (Å²) >= 11 is 6.12. The summed E-state index contributed by atoms with van der Waals surface area (Å²) in [7, 11) is 1.56. The van der Waals surface area contributed by atoms with E-state index in [1.165, 1.54) is 11.0 Å². The average Bonchev–Trinajstić information content (AvgIpc) is 2.66. The summed E-state index contributed by atoms with van der Waals surface area (Å²) < 4.78 is 15.9. The van der Waals surface area contributed by atoms with Gasteiger partial charge in [0.2, 0.25) is 0 Å². The van der Waals surface area contributed by atoms with E-state index in [-0.39, 0.29) is 41.3 Å². The SMILES string of the molecule is CCOCCOC(=O)C1=C(C)N(C)C(=O)N[C@@H]1c1cc(Cl)c(O)c(OCC)c1. The van der Waals surface area contributed by atoms with Crippen LogP contribution in [0.25, 0.3) is 0 Å². The summed E-state index contributed by atoms with van der Waals surface area (Å²) in [6, 6.07) is 1.84. The number of allylic oxidation sites excluding steroid dienone is 1. The number of phenolic OH excluding ortho intramolecular Hbond substituents is 1. The average molecular weight is 413 g/mol. The van der Waals surface area contributed by atoms with Gasteiger partial charge >= 0.3 is 12.0 Å². The van der Waals surface area contributed by atoms with Crippen molar-refractivity contribution < 1.29 is 28.9 Å². The maximum absolute atomic E-state index is 12.7. The number of nitrogens with one attached hydrogen (secondary N) is 1. The van der Waals surface area contributed by atoms with Crippen molar-refractivity contribution in [3.8, 4) is 11.5 Å². The van der Waals surface area contributed by atoms with Crippen LogP contribution in [0.4, 0.5) is 4.79 Å². The highest BCUT2D eigenvalue weighted by Crippen LogP contribution is 2.40. The van der Waals surface area contributed by atoms with Gasteiger partial charge < -0.3 is 29.5 Å². The van der Waals surface area contributed by atoms with Crippen LogP contribution in [0, 0.1) is 0 Å². The molecule has 0 unspecified atom stereocenters. The fourth-order valence-corrected chi connectivity index (χ4v) is 3.01. The summed E-state index contributed by atoms with van der Waals surface area (Å²) in [5, 5.41) is 12.9. The van der Waals surface area contributed by atoms with Gasteiger partial charge in [-0.05, 0) is 38.5 Å². The van der Waals surface area contributed by atoms with Gasteiger partial charge in [0.15, 0.2) is 11.5 Å². The molecule has 1 aliphatic rings. The molecule has 0 fully saturated rings. The Balaban J connectivity index is 2.42. The second kappa shape index (κ2) is 9.66. The standard InChI is InChI=1S/C19H25ClN2O6/c1-5-26-7-8-28-18(24)15-11(3)22(4)19(25)21-16(15)12-9-13(20)17(23)14(10-12)27-6-2/h9-10,16,23H,5-8H2,1-4H3,(H,21,25)/t16-/m1/s1. The Morgan fingerprint density at radius 2 is 2.00 bits per heavy atom. The molecule has 0 saturated heterocycles. The highest BCUT2D eigenvalue weighted by molar-refractivity contribution is 6.32. The van der Waals surface area contributed by atoms with E-state index in [1.807, 2.05) is 6.92 Å². The van der Waals surface area contributed by atoms with Crippen molar-refractivity contribution in [1.29, 1.82) is 0 Å². The maximum Gasteiger partial charge on any atom is 0.338 e. The Bertz CT molecular complexity index is 780. The van der Waals surface area contributed by atoms with Gasteiger partial charge in [-0.1, -0.05) is 11.6 Å². The molecule has 28 heavy (non-hydrogen) atoms. The number of amides is 2. The Morgan fingerprint density at radius 1 is 1.29 bits per heavy atom. The second-order valence-electron chi connectivity index (χ2n) is 6.06. The summed E-state index contributed by atoms with van der Waals surface area (Å²) in [6.45, 7) is 6.48. The predicted octanol–water partition coefficient (Wildman–Crippen LogP) is 2.99. The molecule has 1 aromatic rings. The Hall–Kier alpha value is -2.45. The number of urea groups is 1. The number of phenols is 1. The lowest BCUT2D eigenvalue weighted by Gasteiger charge is -2.33. The van der Waals surface area contributed by atoms with Crippen molar-refractivity contribution in [3.63, 3.8) is 0 Å². The van der Waals surface area contributed by atoms with Crippen LogP contribution in [0.5, 0.6) is 11.5 Å². The number of halogens is 1. The Kier molecular flexibility index (Phi) is 7.53. The van der Waals surface area contributed by atoms with Crippen LogP contribution in [-0.4, -0.2) is 55.5 Å². The van der Waals surface area contributed by atoms with Gasteiger partial charge in [-0.15, -0.1) is 0 Å². The molecule has 0 bridgehead atoms. The van der Waals surface area contributed by atoms with E-state index >= 15 is 0 Å². The quantitative estimate of drug-likeness (QED) is 0.503. The van der Waals surface area contributed by atoms with Crippen molar-refractivity contribution in [2.24, 2.45) is 0 Å². The molecule has 0 radical (unpaired) electrons. The molecule has 8 nitrogen and oxygen atoms in total. The molecular formula is C19H25ClN2O6. The summed E-state index contributed by atoms with van der Waals surface area (Å²) in [5.41, 5.74) is 1.21. The summed E-state index contributed by atoms with van der Waals surface area (Å²) in [6.07, 6.45) is 0. The number of esters is 1. The van der Waals surface area contributed by atoms with E-state index in [0.717, 1.165) is 0 Å². The minimum absolute atomic E-state index is 0.0517. The molecule has 0 aromatic heterocycles. The number of aromatic hydroxyl groups is 1. The number of rotatable bonds is 8. The number of nitrogens with zero attached hydrogens (tertiary/aromatic N) is 1. The molecule has 2 amide bonds.